The maximum absolute atomic E-state index is 11.8. The summed E-state index contributed by atoms with van der Waals surface area (Å²) in [5.74, 6) is 1.23. The smallest absolute Gasteiger partial charge is 0.271 e. The Kier molecular flexibility index (Phi) is 3.66. The van der Waals surface area contributed by atoms with Gasteiger partial charge in [0.1, 0.15) is 5.69 Å². The molecule has 1 heterocycles. The molecule has 1 amide bonds. The second-order valence-electron chi connectivity index (χ2n) is 5.05. The Morgan fingerprint density at radius 1 is 1.65 bits per heavy atom. The number of nitrogen functional groups attached to an aromatic ring is 1. The SMILES string of the molecule is CC1CCCC(CNC(=O)c2[nH]ncc2N)C1. The Hall–Kier alpha value is -1.52. The minimum Gasteiger partial charge on any atom is -0.396 e. The lowest BCUT2D eigenvalue weighted by molar-refractivity contribution is 0.0936. The molecule has 0 saturated heterocycles. The highest BCUT2D eigenvalue weighted by atomic mass is 16.1. The molecule has 5 nitrogen and oxygen atoms in total. The summed E-state index contributed by atoms with van der Waals surface area (Å²) in [6, 6.07) is 0. The maximum atomic E-state index is 11.8. The molecule has 1 aromatic rings. The van der Waals surface area contributed by atoms with E-state index in [1.54, 1.807) is 0 Å². The molecule has 1 aliphatic rings. The third-order valence-electron chi connectivity index (χ3n) is 3.49. The number of nitrogens with zero attached hydrogens (tertiary/aromatic N) is 1. The van der Waals surface area contributed by atoms with Crippen molar-refractivity contribution in [1.82, 2.24) is 15.5 Å². The second kappa shape index (κ2) is 5.21. The van der Waals surface area contributed by atoms with Crippen molar-refractivity contribution in [1.29, 1.82) is 0 Å². The lowest BCUT2D eigenvalue weighted by Crippen LogP contribution is -2.32. The fourth-order valence-electron chi connectivity index (χ4n) is 2.55. The molecule has 2 atom stereocenters. The Morgan fingerprint density at radius 3 is 3.12 bits per heavy atom. The number of rotatable bonds is 3. The number of H-pyrrole nitrogens is 1. The van der Waals surface area contributed by atoms with Crippen LogP contribution in [0.15, 0.2) is 6.20 Å². The molecule has 0 aromatic carbocycles. The summed E-state index contributed by atoms with van der Waals surface area (Å²) in [6.07, 6.45) is 6.46. The van der Waals surface area contributed by atoms with Gasteiger partial charge in [0, 0.05) is 6.54 Å². The number of aromatic nitrogens is 2. The summed E-state index contributed by atoms with van der Waals surface area (Å²) >= 11 is 0. The fourth-order valence-corrected chi connectivity index (χ4v) is 2.55. The van der Waals surface area contributed by atoms with Gasteiger partial charge in [-0.3, -0.25) is 9.89 Å². The normalized spacial score (nSPS) is 24.5. The highest BCUT2D eigenvalue weighted by Crippen LogP contribution is 2.27. The Labute approximate surface area is 101 Å². The summed E-state index contributed by atoms with van der Waals surface area (Å²) in [6.45, 7) is 3.02. The molecule has 5 heteroatoms. The largest absolute Gasteiger partial charge is 0.396 e. The molecule has 0 aliphatic heterocycles. The zero-order chi connectivity index (χ0) is 12.3. The molecule has 0 radical (unpaired) electrons. The predicted molar refractivity (Wildman–Crippen MR) is 66.5 cm³/mol. The van der Waals surface area contributed by atoms with Gasteiger partial charge in [0.05, 0.1) is 11.9 Å². The number of carbonyl (C=O) groups excluding carboxylic acids is 1. The summed E-state index contributed by atoms with van der Waals surface area (Å²) in [5, 5.41) is 9.28. The van der Waals surface area contributed by atoms with Crippen molar-refractivity contribution in [3.63, 3.8) is 0 Å². The molecule has 1 aliphatic carbocycles. The van der Waals surface area contributed by atoms with Crippen molar-refractivity contribution < 1.29 is 4.79 Å². The van der Waals surface area contributed by atoms with Crippen LogP contribution in [0.5, 0.6) is 0 Å². The molecular formula is C12H20N4O. The van der Waals surface area contributed by atoms with Crippen LogP contribution in [0.3, 0.4) is 0 Å². The molecule has 0 spiro atoms. The zero-order valence-corrected chi connectivity index (χ0v) is 10.2. The van der Waals surface area contributed by atoms with E-state index in [0.717, 1.165) is 12.5 Å². The highest BCUT2D eigenvalue weighted by molar-refractivity contribution is 5.96. The van der Waals surface area contributed by atoms with Gasteiger partial charge in [-0.1, -0.05) is 19.8 Å². The Balaban J connectivity index is 1.82. The van der Waals surface area contributed by atoms with Crippen LogP contribution in [0.4, 0.5) is 5.69 Å². The van der Waals surface area contributed by atoms with Crippen LogP contribution in [0.1, 0.15) is 43.1 Å². The molecule has 94 valence electrons. The van der Waals surface area contributed by atoms with Crippen LogP contribution < -0.4 is 11.1 Å². The summed E-state index contributed by atoms with van der Waals surface area (Å²) in [5.41, 5.74) is 6.39. The molecule has 4 N–H and O–H groups in total. The molecule has 2 unspecified atom stereocenters. The maximum Gasteiger partial charge on any atom is 0.271 e. The monoisotopic (exact) mass is 236 g/mol. The van der Waals surface area contributed by atoms with Gasteiger partial charge in [0.2, 0.25) is 0 Å². The molecule has 0 bridgehead atoms. The average Bonchev–Trinajstić information content (AvgIpc) is 2.72. The minimum absolute atomic E-state index is 0.154. The first-order chi connectivity index (χ1) is 8.16. The highest BCUT2D eigenvalue weighted by Gasteiger charge is 2.20. The molecule has 17 heavy (non-hydrogen) atoms. The van der Waals surface area contributed by atoms with E-state index in [2.05, 4.69) is 22.4 Å². The first kappa shape index (κ1) is 12.0. The Morgan fingerprint density at radius 2 is 2.47 bits per heavy atom. The number of aromatic amines is 1. The number of hydrogen-bond donors (Lipinski definition) is 3. The van der Waals surface area contributed by atoms with E-state index in [9.17, 15) is 4.79 Å². The van der Waals surface area contributed by atoms with Crippen LogP contribution in [0.25, 0.3) is 0 Å². The second-order valence-corrected chi connectivity index (χ2v) is 5.05. The van der Waals surface area contributed by atoms with Gasteiger partial charge in [0.25, 0.3) is 5.91 Å². The van der Waals surface area contributed by atoms with Crippen molar-refractivity contribution >= 4 is 11.6 Å². The van der Waals surface area contributed by atoms with Crippen molar-refractivity contribution in [3.05, 3.63) is 11.9 Å². The lowest BCUT2D eigenvalue weighted by atomic mass is 9.82. The average molecular weight is 236 g/mol. The quantitative estimate of drug-likeness (QED) is 0.744. The topological polar surface area (TPSA) is 83.8 Å². The van der Waals surface area contributed by atoms with Gasteiger partial charge < -0.3 is 11.1 Å². The van der Waals surface area contributed by atoms with Gasteiger partial charge in [0.15, 0.2) is 0 Å². The van der Waals surface area contributed by atoms with E-state index in [-0.39, 0.29) is 5.91 Å². The predicted octanol–water partition coefficient (Wildman–Crippen LogP) is 1.55. The molecule has 1 saturated carbocycles. The third kappa shape index (κ3) is 2.99. The molecular weight excluding hydrogens is 216 g/mol. The number of carbonyl (C=O) groups is 1. The number of hydrogen-bond acceptors (Lipinski definition) is 3. The van der Waals surface area contributed by atoms with Crippen molar-refractivity contribution in [2.45, 2.75) is 32.6 Å². The van der Waals surface area contributed by atoms with Gasteiger partial charge in [-0.15, -0.1) is 0 Å². The van der Waals surface area contributed by atoms with Gasteiger partial charge in [-0.05, 0) is 24.7 Å². The van der Waals surface area contributed by atoms with Gasteiger partial charge >= 0.3 is 0 Å². The zero-order valence-electron chi connectivity index (χ0n) is 10.2. The standard InChI is InChI=1S/C12H20N4O/c1-8-3-2-4-9(5-8)6-14-12(17)11-10(13)7-15-16-11/h7-9H,2-6,13H2,1H3,(H,14,17)(H,15,16). The first-order valence-electron chi connectivity index (χ1n) is 6.24. The molecule has 1 fully saturated rings. The van der Waals surface area contributed by atoms with Crippen LogP contribution in [-0.4, -0.2) is 22.6 Å². The van der Waals surface area contributed by atoms with Crippen LogP contribution in [0.2, 0.25) is 0 Å². The Bertz CT molecular complexity index is 388. The van der Waals surface area contributed by atoms with Gasteiger partial charge in [-0.2, -0.15) is 5.10 Å². The van der Waals surface area contributed by atoms with Crippen molar-refractivity contribution in [2.75, 3.05) is 12.3 Å². The van der Waals surface area contributed by atoms with E-state index in [1.807, 2.05) is 0 Å². The van der Waals surface area contributed by atoms with Crippen LogP contribution in [-0.2, 0) is 0 Å². The minimum atomic E-state index is -0.154. The fraction of sp³-hybridized carbons (Fsp3) is 0.667. The molecule has 2 rings (SSSR count). The van der Waals surface area contributed by atoms with E-state index in [4.69, 9.17) is 5.73 Å². The van der Waals surface area contributed by atoms with E-state index >= 15 is 0 Å². The van der Waals surface area contributed by atoms with Crippen LogP contribution >= 0.6 is 0 Å². The summed E-state index contributed by atoms with van der Waals surface area (Å²) in [7, 11) is 0. The lowest BCUT2D eigenvalue weighted by Gasteiger charge is -2.26. The van der Waals surface area contributed by atoms with Gasteiger partial charge in [-0.25, -0.2) is 0 Å². The number of nitrogens with two attached hydrogens (primary N) is 1. The van der Waals surface area contributed by atoms with Crippen LogP contribution in [0, 0.1) is 11.8 Å². The van der Waals surface area contributed by atoms with Crippen molar-refractivity contribution in [2.24, 2.45) is 11.8 Å². The van der Waals surface area contributed by atoms with E-state index in [0.29, 0.717) is 17.3 Å². The number of nitrogens with one attached hydrogen (secondary N) is 2. The van der Waals surface area contributed by atoms with Crippen molar-refractivity contribution in [3.8, 4) is 0 Å². The number of amides is 1. The number of anilines is 1. The summed E-state index contributed by atoms with van der Waals surface area (Å²) < 4.78 is 0. The molecule has 1 aromatic heterocycles. The van der Waals surface area contributed by atoms with E-state index in [1.165, 1.54) is 31.9 Å². The first-order valence-corrected chi connectivity index (χ1v) is 6.24. The third-order valence-corrected chi connectivity index (χ3v) is 3.49. The summed E-state index contributed by atoms with van der Waals surface area (Å²) in [4.78, 5) is 11.8. The van der Waals surface area contributed by atoms with E-state index < -0.39 is 0 Å².